The first-order valence-corrected chi connectivity index (χ1v) is 10.4. The summed E-state index contributed by atoms with van der Waals surface area (Å²) in [6.45, 7) is 2.70. The third-order valence-corrected chi connectivity index (χ3v) is 5.52. The second-order valence-electron chi connectivity index (χ2n) is 7.99. The topological polar surface area (TPSA) is 60.5 Å². The molecule has 2 fully saturated rings. The first-order valence-electron chi connectivity index (χ1n) is 10.4. The van der Waals surface area contributed by atoms with Crippen LogP contribution in [0.15, 0.2) is 18.3 Å². The van der Waals surface area contributed by atoms with E-state index in [1.54, 1.807) is 6.20 Å². The molecule has 2 aliphatic heterocycles. The zero-order chi connectivity index (χ0) is 20.7. The molecule has 0 aromatic carbocycles. The monoisotopic (exact) mass is 413 g/mol. The Bertz CT molecular complexity index is 662. The highest BCUT2D eigenvalue weighted by atomic mass is 19.4. The van der Waals surface area contributed by atoms with Crippen molar-refractivity contribution in [2.45, 2.75) is 44.8 Å². The van der Waals surface area contributed by atoms with Crippen LogP contribution >= 0.6 is 0 Å². The molecule has 0 bridgehead atoms. The average molecular weight is 413 g/mol. The molecule has 0 aliphatic carbocycles. The van der Waals surface area contributed by atoms with Crippen LogP contribution in [0.1, 0.15) is 37.7 Å². The summed E-state index contributed by atoms with van der Waals surface area (Å²) >= 11 is 0. The molecule has 1 aromatic rings. The van der Waals surface area contributed by atoms with Gasteiger partial charge in [-0.2, -0.15) is 13.2 Å². The van der Waals surface area contributed by atoms with Gasteiger partial charge in [-0.3, -0.25) is 4.90 Å². The van der Waals surface area contributed by atoms with E-state index in [1.807, 2.05) is 12.1 Å². The summed E-state index contributed by atoms with van der Waals surface area (Å²) in [6, 6.07) is 3.60. The van der Waals surface area contributed by atoms with Crippen molar-refractivity contribution >= 4 is 11.8 Å². The van der Waals surface area contributed by atoms with Gasteiger partial charge in [0.2, 0.25) is 0 Å². The number of hydrogen-bond donors (Lipinski definition) is 2. The Labute approximate surface area is 169 Å². The van der Waals surface area contributed by atoms with E-state index >= 15 is 0 Å². The summed E-state index contributed by atoms with van der Waals surface area (Å²) < 4.78 is 37.3. The number of anilines is 1. The molecule has 3 heterocycles. The highest BCUT2D eigenvalue weighted by molar-refractivity contribution is 5.73. The minimum Gasteiger partial charge on any atom is -0.357 e. The van der Waals surface area contributed by atoms with Crippen LogP contribution in [-0.4, -0.2) is 61.4 Å². The Morgan fingerprint density at radius 3 is 2.62 bits per heavy atom. The number of pyridine rings is 1. The summed E-state index contributed by atoms with van der Waals surface area (Å²) in [5.41, 5.74) is 0.978. The highest BCUT2D eigenvalue weighted by Crippen LogP contribution is 2.22. The standard InChI is InChI=1S/C20H30F3N5O/c21-20(22,23)15-27-10-6-17(14-27)13-26-19(29)25-12-16-5-7-24-18(11-16)28-8-3-1-2-4-9-28/h5,7,11,17H,1-4,6,8-10,12-15H2,(H2,25,26,29). The predicted molar refractivity (Wildman–Crippen MR) is 106 cm³/mol. The Balaban J connectivity index is 1.39. The molecule has 1 atom stereocenters. The molecule has 0 radical (unpaired) electrons. The Morgan fingerprint density at radius 2 is 1.90 bits per heavy atom. The fourth-order valence-electron chi connectivity index (χ4n) is 4.00. The van der Waals surface area contributed by atoms with E-state index < -0.39 is 12.7 Å². The first-order chi connectivity index (χ1) is 13.9. The number of rotatable bonds is 6. The van der Waals surface area contributed by atoms with E-state index in [-0.39, 0.29) is 11.9 Å². The van der Waals surface area contributed by atoms with Gasteiger partial charge in [-0.1, -0.05) is 12.8 Å². The second-order valence-corrected chi connectivity index (χ2v) is 7.99. The number of halogens is 3. The van der Waals surface area contributed by atoms with Crippen molar-refractivity contribution in [1.82, 2.24) is 20.5 Å². The van der Waals surface area contributed by atoms with Crippen molar-refractivity contribution in [2.24, 2.45) is 5.92 Å². The molecular weight excluding hydrogens is 383 g/mol. The minimum absolute atomic E-state index is 0.0543. The normalized spacial score (nSPS) is 21.1. The Hall–Kier alpha value is -2.03. The maximum Gasteiger partial charge on any atom is 0.401 e. The van der Waals surface area contributed by atoms with Crippen LogP contribution in [0, 0.1) is 5.92 Å². The zero-order valence-electron chi connectivity index (χ0n) is 16.7. The molecule has 9 heteroatoms. The minimum atomic E-state index is -4.17. The summed E-state index contributed by atoms with van der Waals surface area (Å²) in [7, 11) is 0. The molecule has 3 rings (SSSR count). The highest BCUT2D eigenvalue weighted by Gasteiger charge is 2.34. The van der Waals surface area contributed by atoms with E-state index in [4.69, 9.17) is 0 Å². The van der Waals surface area contributed by atoms with Crippen LogP contribution in [0.5, 0.6) is 0 Å². The van der Waals surface area contributed by atoms with Gasteiger partial charge in [0.25, 0.3) is 0 Å². The molecule has 6 nitrogen and oxygen atoms in total. The number of urea groups is 1. The van der Waals surface area contributed by atoms with Crippen molar-refractivity contribution in [3.05, 3.63) is 23.9 Å². The van der Waals surface area contributed by atoms with Crippen LogP contribution in [0.3, 0.4) is 0 Å². The van der Waals surface area contributed by atoms with E-state index in [0.717, 1.165) is 24.5 Å². The molecular formula is C20H30F3N5O. The van der Waals surface area contributed by atoms with Crippen molar-refractivity contribution in [2.75, 3.05) is 44.2 Å². The number of hydrogen-bond acceptors (Lipinski definition) is 4. The molecule has 2 N–H and O–H groups in total. The van der Waals surface area contributed by atoms with Gasteiger partial charge in [0.1, 0.15) is 5.82 Å². The van der Waals surface area contributed by atoms with E-state index in [2.05, 4.69) is 20.5 Å². The third-order valence-electron chi connectivity index (χ3n) is 5.52. The molecule has 0 spiro atoms. The van der Waals surface area contributed by atoms with Gasteiger partial charge in [-0.15, -0.1) is 0 Å². The fourth-order valence-corrected chi connectivity index (χ4v) is 4.00. The molecule has 1 aromatic heterocycles. The largest absolute Gasteiger partial charge is 0.401 e. The van der Waals surface area contributed by atoms with Gasteiger partial charge in [0, 0.05) is 38.9 Å². The lowest BCUT2D eigenvalue weighted by atomic mass is 10.1. The lowest BCUT2D eigenvalue weighted by molar-refractivity contribution is -0.143. The van der Waals surface area contributed by atoms with Crippen LogP contribution in [0.4, 0.5) is 23.8 Å². The summed E-state index contributed by atoms with van der Waals surface area (Å²) in [5.74, 6) is 1.00. The molecule has 2 amide bonds. The van der Waals surface area contributed by atoms with Gasteiger partial charge >= 0.3 is 12.2 Å². The number of alkyl halides is 3. The summed E-state index contributed by atoms with van der Waals surface area (Å²) in [6.07, 6.45) is 3.13. The number of nitrogens with zero attached hydrogens (tertiary/aromatic N) is 3. The maximum atomic E-state index is 12.4. The van der Waals surface area contributed by atoms with Crippen LogP contribution in [0.2, 0.25) is 0 Å². The number of carbonyl (C=O) groups is 1. The fraction of sp³-hybridized carbons (Fsp3) is 0.700. The Morgan fingerprint density at radius 1 is 1.14 bits per heavy atom. The number of likely N-dealkylation sites (tertiary alicyclic amines) is 1. The van der Waals surface area contributed by atoms with Gasteiger partial charge < -0.3 is 15.5 Å². The lowest BCUT2D eigenvalue weighted by Crippen LogP contribution is -2.39. The van der Waals surface area contributed by atoms with Crippen molar-refractivity contribution < 1.29 is 18.0 Å². The van der Waals surface area contributed by atoms with Crippen molar-refractivity contribution in [3.8, 4) is 0 Å². The van der Waals surface area contributed by atoms with E-state index in [1.165, 1.54) is 30.6 Å². The van der Waals surface area contributed by atoms with Gasteiger partial charge in [0.05, 0.1) is 6.54 Å². The first kappa shape index (κ1) is 21.7. The Kier molecular flexibility index (Phi) is 7.57. The quantitative estimate of drug-likeness (QED) is 0.752. The van der Waals surface area contributed by atoms with E-state index in [0.29, 0.717) is 32.6 Å². The molecule has 1 unspecified atom stereocenters. The number of amides is 2. The van der Waals surface area contributed by atoms with Crippen molar-refractivity contribution in [1.29, 1.82) is 0 Å². The van der Waals surface area contributed by atoms with E-state index in [9.17, 15) is 18.0 Å². The molecule has 2 saturated heterocycles. The van der Waals surface area contributed by atoms with Gasteiger partial charge in [-0.25, -0.2) is 9.78 Å². The molecule has 0 saturated carbocycles. The number of carbonyl (C=O) groups excluding carboxylic acids is 1. The smallest absolute Gasteiger partial charge is 0.357 e. The van der Waals surface area contributed by atoms with Gasteiger partial charge in [-0.05, 0) is 49.4 Å². The third kappa shape index (κ3) is 7.38. The summed E-state index contributed by atoms with van der Waals surface area (Å²) in [4.78, 5) is 20.2. The molecule has 2 aliphatic rings. The predicted octanol–water partition coefficient (Wildman–Crippen LogP) is 3.15. The second kappa shape index (κ2) is 10.1. The molecule has 162 valence electrons. The van der Waals surface area contributed by atoms with Crippen LogP contribution < -0.4 is 15.5 Å². The average Bonchev–Trinajstić information content (AvgIpc) is 2.93. The lowest BCUT2D eigenvalue weighted by Gasteiger charge is -2.21. The van der Waals surface area contributed by atoms with Crippen LogP contribution in [-0.2, 0) is 6.54 Å². The van der Waals surface area contributed by atoms with Crippen molar-refractivity contribution in [3.63, 3.8) is 0 Å². The summed E-state index contributed by atoms with van der Waals surface area (Å²) in [5, 5.41) is 5.61. The number of aromatic nitrogens is 1. The van der Waals surface area contributed by atoms with Crippen LogP contribution in [0.25, 0.3) is 0 Å². The molecule has 29 heavy (non-hydrogen) atoms. The zero-order valence-corrected chi connectivity index (χ0v) is 16.7. The number of nitrogens with one attached hydrogen (secondary N) is 2. The van der Waals surface area contributed by atoms with Gasteiger partial charge in [0.15, 0.2) is 0 Å². The maximum absolute atomic E-state index is 12.4. The SMILES string of the molecule is O=C(NCc1ccnc(N2CCCCCC2)c1)NCC1CCN(CC(F)(F)F)C1.